The zero-order valence-corrected chi connectivity index (χ0v) is 7.53. The molecule has 0 aromatic carbocycles. The first-order valence-corrected chi connectivity index (χ1v) is 4.77. The maximum absolute atomic E-state index is 4.02. The first kappa shape index (κ1) is 7.84. The Bertz CT molecular complexity index is 222. The summed E-state index contributed by atoms with van der Waals surface area (Å²) in [6.07, 6.45) is 12.3. The van der Waals surface area contributed by atoms with Crippen molar-refractivity contribution in [1.29, 1.82) is 0 Å². The van der Waals surface area contributed by atoms with E-state index in [-0.39, 0.29) is 0 Å². The molecular weight excluding hydrogens is 148 g/mol. The lowest BCUT2D eigenvalue weighted by atomic mass is 10.00. The molecule has 1 aromatic heterocycles. The minimum atomic E-state index is 0.593. The van der Waals surface area contributed by atoms with Gasteiger partial charge in [0.2, 0.25) is 0 Å². The van der Waals surface area contributed by atoms with Crippen LogP contribution in [0.4, 0.5) is 0 Å². The molecule has 1 atom stereocenters. The smallest absolute Gasteiger partial charge is 0.0953 e. The van der Waals surface area contributed by atoms with E-state index in [4.69, 9.17) is 0 Å². The molecule has 1 heterocycles. The molecule has 1 saturated carbocycles. The van der Waals surface area contributed by atoms with Crippen molar-refractivity contribution in [3.8, 4) is 0 Å². The van der Waals surface area contributed by atoms with Gasteiger partial charge in [-0.15, -0.1) is 0 Å². The van der Waals surface area contributed by atoms with Crippen LogP contribution in [0.25, 0.3) is 0 Å². The van der Waals surface area contributed by atoms with Crippen LogP contribution in [-0.4, -0.2) is 9.55 Å². The molecule has 65 valence electrons. The molecule has 0 saturated heterocycles. The van der Waals surface area contributed by atoms with Gasteiger partial charge in [-0.1, -0.05) is 12.8 Å². The maximum Gasteiger partial charge on any atom is 0.0953 e. The highest BCUT2D eigenvalue weighted by atomic mass is 15.0. The molecule has 1 radical (unpaired) electrons. The van der Waals surface area contributed by atoms with Gasteiger partial charge in [0.1, 0.15) is 0 Å². The lowest BCUT2D eigenvalue weighted by molar-refractivity contribution is 0.359. The summed E-state index contributed by atoms with van der Waals surface area (Å²) in [5.74, 6) is 0.857. The van der Waals surface area contributed by atoms with Crippen molar-refractivity contribution in [2.75, 3.05) is 0 Å². The Kier molecular flexibility index (Phi) is 2.15. The molecule has 0 N–H and O–H groups in total. The molecule has 2 rings (SSSR count). The molecule has 1 aliphatic carbocycles. The molecule has 0 bridgehead atoms. The summed E-state index contributed by atoms with van der Waals surface area (Å²) >= 11 is 0. The Morgan fingerprint density at radius 1 is 1.50 bits per heavy atom. The zero-order chi connectivity index (χ0) is 8.39. The van der Waals surface area contributed by atoms with E-state index in [0.717, 1.165) is 5.92 Å². The van der Waals surface area contributed by atoms with Crippen LogP contribution in [0.2, 0.25) is 0 Å². The van der Waals surface area contributed by atoms with Crippen LogP contribution in [0.3, 0.4) is 0 Å². The Labute approximate surface area is 73.6 Å². The molecule has 0 spiro atoms. The van der Waals surface area contributed by atoms with Crippen LogP contribution < -0.4 is 0 Å². The highest BCUT2D eigenvalue weighted by molar-refractivity contribution is 4.82. The summed E-state index contributed by atoms with van der Waals surface area (Å²) < 4.78 is 2.11. The summed E-state index contributed by atoms with van der Waals surface area (Å²) in [5, 5.41) is 0. The van der Waals surface area contributed by atoms with Gasteiger partial charge in [-0.05, 0) is 25.7 Å². The fourth-order valence-corrected chi connectivity index (χ4v) is 2.13. The Balaban J connectivity index is 2.04. The summed E-state index contributed by atoms with van der Waals surface area (Å²) in [4.78, 5) is 4.02. The van der Waals surface area contributed by atoms with Crippen molar-refractivity contribution in [2.45, 2.75) is 38.6 Å². The van der Waals surface area contributed by atoms with Crippen LogP contribution in [0.5, 0.6) is 0 Å². The quantitative estimate of drug-likeness (QED) is 0.654. The van der Waals surface area contributed by atoms with Gasteiger partial charge in [0, 0.05) is 6.04 Å². The van der Waals surface area contributed by atoms with Gasteiger partial charge < -0.3 is 4.57 Å². The second-order valence-electron chi connectivity index (χ2n) is 3.72. The van der Waals surface area contributed by atoms with E-state index in [1.54, 1.807) is 6.20 Å². The number of hydrogen-bond donors (Lipinski definition) is 0. The second kappa shape index (κ2) is 3.30. The first-order chi connectivity index (χ1) is 5.88. The number of imidazole rings is 1. The minimum absolute atomic E-state index is 0.593. The molecule has 2 heteroatoms. The average molecular weight is 163 g/mol. The third-order valence-electron chi connectivity index (χ3n) is 2.99. The van der Waals surface area contributed by atoms with Gasteiger partial charge in [-0.25, -0.2) is 4.98 Å². The maximum atomic E-state index is 4.02. The summed E-state index contributed by atoms with van der Waals surface area (Å²) in [6, 6.07) is 0.593. The highest BCUT2D eigenvalue weighted by Gasteiger charge is 2.22. The van der Waals surface area contributed by atoms with Crippen LogP contribution in [-0.2, 0) is 0 Å². The van der Waals surface area contributed by atoms with Crippen molar-refractivity contribution in [3.05, 3.63) is 18.7 Å². The molecule has 1 aliphatic rings. The van der Waals surface area contributed by atoms with Gasteiger partial charge in [0.25, 0.3) is 0 Å². The lowest BCUT2D eigenvalue weighted by Gasteiger charge is -2.19. The molecular formula is C10H15N2. The van der Waals surface area contributed by atoms with E-state index in [1.807, 2.05) is 6.33 Å². The molecule has 1 aromatic rings. The van der Waals surface area contributed by atoms with E-state index in [1.165, 1.54) is 25.7 Å². The largest absolute Gasteiger partial charge is 0.326 e. The SMILES string of the molecule is CC(C1CCCC1)n1[c]cnc1. The van der Waals surface area contributed by atoms with Crippen molar-refractivity contribution in [3.63, 3.8) is 0 Å². The lowest BCUT2D eigenvalue weighted by Crippen LogP contribution is -2.12. The fourth-order valence-electron chi connectivity index (χ4n) is 2.13. The summed E-state index contributed by atoms with van der Waals surface area (Å²) in [7, 11) is 0. The van der Waals surface area contributed by atoms with Crippen molar-refractivity contribution < 1.29 is 0 Å². The predicted octanol–water partition coefficient (Wildman–Crippen LogP) is 2.43. The third kappa shape index (κ3) is 1.38. The van der Waals surface area contributed by atoms with Gasteiger partial charge >= 0.3 is 0 Å². The fraction of sp³-hybridized carbons (Fsp3) is 0.700. The molecule has 0 aliphatic heterocycles. The zero-order valence-electron chi connectivity index (χ0n) is 7.53. The van der Waals surface area contributed by atoms with Crippen molar-refractivity contribution in [2.24, 2.45) is 5.92 Å². The minimum Gasteiger partial charge on any atom is -0.326 e. The number of nitrogens with zero attached hydrogens (tertiary/aromatic N) is 2. The van der Waals surface area contributed by atoms with E-state index < -0.39 is 0 Å². The Morgan fingerprint density at radius 2 is 2.25 bits per heavy atom. The van der Waals surface area contributed by atoms with Crippen molar-refractivity contribution in [1.82, 2.24) is 9.55 Å². The molecule has 1 fully saturated rings. The number of rotatable bonds is 2. The van der Waals surface area contributed by atoms with E-state index in [9.17, 15) is 0 Å². The van der Waals surface area contributed by atoms with E-state index >= 15 is 0 Å². The highest BCUT2D eigenvalue weighted by Crippen LogP contribution is 2.33. The molecule has 1 unspecified atom stereocenters. The topological polar surface area (TPSA) is 17.8 Å². The Morgan fingerprint density at radius 3 is 2.83 bits per heavy atom. The van der Waals surface area contributed by atoms with Gasteiger partial charge in [0.15, 0.2) is 0 Å². The van der Waals surface area contributed by atoms with E-state index in [0.29, 0.717) is 6.04 Å². The molecule has 12 heavy (non-hydrogen) atoms. The monoisotopic (exact) mass is 163 g/mol. The predicted molar refractivity (Wildman–Crippen MR) is 47.7 cm³/mol. The standard InChI is InChI=1S/C10H15N2/c1-9(10-4-2-3-5-10)12-7-6-11-8-12/h6,8-10H,2-5H2,1H3. The van der Waals surface area contributed by atoms with Gasteiger partial charge in [-0.2, -0.15) is 0 Å². The van der Waals surface area contributed by atoms with Gasteiger partial charge in [0.05, 0.1) is 18.7 Å². The van der Waals surface area contributed by atoms with Crippen LogP contribution in [0.1, 0.15) is 38.6 Å². The summed E-state index contributed by atoms with van der Waals surface area (Å²) in [6.45, 7) is 2.27. The van der Waals surface area contributed by atoms with Crippen LogP contribution in [0, 0.1) is 12.1 Å². The van der Waals surface area contributed by atoms with Crippen LogP contribution >= 0.6 is 0 Å². The molecule has 2 nitrogen and oxygen atoms in total. The van der Waals surface area contributed by atoms with Crippen LogP contribution in [0.15, 0.2) is 12.5 Å². The third-order valence-corrected chi connectivity index (χ3v) is 2.99. The van der Waals surface area contributed by atoms with E-state index in [2.05, 4.69) is 22.7 Å². The first-order valence-electron chi connectivity index (χ1n) is 4.77. The number of aromatic nitrogens is 2. The summed E-state index contributed by atoms with van der Waals surface area (Å²) in [5.41, 5.74) is 0. The Hall–Kier alpha value is -0.790. The number of hydrogen-bond acceptors (Lipinski definition) is 1. The second-order valence-corrected chi connectivity index (χ2v) is 3.72. The molecule has 0 amide bonds. The normalized spacial score (nSPS) is 21.4. The average Bonchev–Trinajstić information content (AvgIpc) is 2.77. The van der Waals surface area contributed by atoms with Gasteiger partial charge in [-0.3, -0.25) is 0 Å². The van der Waals surface area contributed by atoms with Crippen molar-refractivity contribution >= 4 is 0 Å².